The third kappa shape index (κ3) is 3.59. The van der Waals surface area contributed by atoms with Crippen LogP contribution in [0.2, 0.25) is 0 Å². The van der Waals surface area contributed by atoms with Crippen molar-refractivity contribution in [1.82, 2.24) is 14.5 Å². The lowest BCUT2D eigenvalue weighted by Gasteiger charge is -2.24. The van der Waals surface area contributed by atoms with Gasteiger partial charge in [-0.05, 0) is 11.1 Å². The summed E-state index contributed by atoms with van der Waals surface area (Å²) in [6.07, 6.45) is 0. The Morgan fingerprint density at radius 3 is 2.38 bits per heavy atom. The van der Waals surface area contributed by atoms with Crippen molar-refractivity contribution in [2.75, 3.05) is 12.4 Å². The molecule has 0 bridgehead atoms. The first-order valence-electron chi connectivity index (χ1n) is 9.36. The van der Waals surface area contributed by atoms with Crippen LogP contribution in [-0.4, -0.2) is 27.5 Å². The van der Waals surface area contributed by atoms with Crippen LogP contribution in [0, 0.1) is 0 Å². The number of hydrogen-bond acceptors (Lipinski definition) is 5. The number of amides is 1. The lowest BCUT2D eigenvalue weighted by molar-refractivity contribution is -0.133. The van der Waals surface area contributed by atoms with Gasteiger partial charge in [0.25, 0.3) is 5.56 Å². The standard InChI is InChI=1S/C22H22N4O3/c1-25-20(27)17-14-26(13-15-9-5-3-6-10-15)21(28)18(16-11-7-4-8-12-16)23-19(17)24-22(25)29-2/h3-12,18,23H,13-14H2,1-2H3. The molecule has 4 rings (SSSR count). The van der Waals surface area contributed by atoms with E-state index in [1.165, 1.54) is 11.7 Å². The summed E-state index contributed by atoms with van der Waals surface area (Å²) >= 11 is 0. The molecule has 1 aliphatic heterocycles. The molecule has 7 nitrogen and oxygen atoms in total. The van der Waals surface area contributed by atoms with Crippen molar-refractivity contribution in [3.8, 4) is 6.01 Å². The van der Waals surface area contributed by atoms with Crippen LogP contribution >= 0.6 is 0 Å². The molecule has 0 radical (unpaired) electrons. The zero-order valence-electron chi connectivity index (χ0n) is 16.3. The van der Waals surface area contributed by atoms with Crippen molar-refractivity contribution < 1.29 is 9.53 Å². The maximum Gasteiger partial charge on any atom is 0.300 e. The second kappa shape index (κ2) is 7.79. The Hall–Kier alpha value is -3.61. The molecule has 2 heterocycles. The number of nitrogens with one attached hydrogen (secondary N) is 1. The smallest absolute Gasteiger partial charge is 0.300 e. The summed E-state index contributed by atoms with van der Waals surface area (Å²) in [6, 6.07) is 18.7. The topological polar surface area (TPSA) is 76.5 Å². The van der Waals surface area contributed by atoms with E-state index in [0.29, 0.717) is 17.9 Å². The molecule has 1 aliphatic rings. The van der Waals surface area contributed by atoms with Gasteiger partial charge in [0.1, 0.15) is 11.9 Å². The Bertz CT molecular complexity index is 1080. The molecule has 0 saturated carbocycles. The molecular weight excluding hydrogens is 368 g/mol. The number of rotatable bonds is 4. The first kappa shape index (κ1) is 18.7. The van der Waals surface area contributed by atoms with E-state index in [2.05, 4.69) is 10.3 Å². The van der Waals surface area contributed by atoms with E-state index in [0.717, 1.165) is 11.1 Å². The fraction of sp³-hybridized carbons (Fsp3) is 0.227. The molecule has 2 aromatic carbocycles. The summed E-state index contributed by atoms with van der Waals surface area (Å²) in [4.78, 5) is 32.6. The van der Waals surface area contributed by atoms with Crippen LogP contribution in [0.3, 0.4) is 0 Å². The number of hydrogen-bond donors (Lipinski definition) is 1. The molecule has 1 unspecified atom stereocenters. The first-order chi connectivity index (χ1) is 14.1. The van der Waals surface area contributed by atoms with Crippen molar-refractivity contribution in [3.63, 3.8) is 0 Å². The second-order valence-corrected chi connectivity index (χ2v) is 6.96. The molecule has 1 amide bonds. The van der Waals surface area contributed by atoms with Crippen LogP contribution in [0.5, 0.6) is 6.01 Å². The number of carbonyl (C=O) groups excluding carboxylic acids is 1. The van der Waals surface area contributed by atoms with Crippen LogP contribution in [0.1, 0.15) is 22.7 Å². The van der Waals surface area contributed by atoms with Gasteiger partial charge in [-0.2, -0.15) is 4.98 Å². The largest absolute Gasteiger partial charge is 0.468 e. The molecule has 0 fully saturated rings. The van der Waals surface area contributed by atoms with E-state index < -0.39 is 6.04 Å². The Labute approximate surface area is 168 Å². The summed E-state index contributed by atoms with van der Waals surface area (Å²) in [5.74, 6) is 0.266. The van der Waals surface area contributed by atoms with E-state index in [-0.39, 0.29) is 24.0 Å². The van der Waals surface area contributed by atoms with E-state index in [9.17, 15) is 9.59 Å². The fourth-order valence-corrected chi connectivity index (χ4v) is 3.53. The van der Waals surface area contributed by atoms with Crippen LogP contribution < -0.4 is 15.6 Å². The lowest BCUT2D eigenvalue weighted by Crippen LogP contribution is -2.35. The highest BCUT2D eigenvalue weighted by Crippen LogP contribution is 2.29. The number of ether oxygens (including phenoxy) is 1. The van der Waals surface area contributed by atoms with E-state index in [1.807, 2.05) is 60.7 Å². The van der Waals surface area contributed by atoms with E-state index >= 15 is 0 Å². The monoisotopic (exact) mass is 390 g/mol. The van der Waals surface area contributed by atoms with Gasteiger partial charge in [0.2, 0.25) is 5.91 Å². The van der Waals surface area contributed by atoms with Crippen molar-refractivity contribution in [3.05, 3.63) is 87.7 Å². The summed E-state index contributed by atoms with van der Waals surface area (Å²) < 4.78 is 6.59. The number of methoxy groups -OCH3 is 1. The minimum atomic E-state index is -0.648. The van der Waals surface area contributed by atoms with Crippen molar-refractivity contribution in [1.29, 1.82) is 0 Å². The number of nitrogens with zero attached hydrogens (tertiary/aromatic N) is 3. The van der Waals surface area contributed by atoms with Crippen LogP contribution in [0.15, 0.2) is 65.5 Å². The average Bonchev–Trinajstić information content (AvgIpc) is 2.89. The summed E-state index contributed by atoms with van der Waals surface area (Å²) in [5.41, 5.74) is 2.01. The van der Waals surface area contributed by atoms with Gasteiger partial charge < -0.3 is 15.0 Å². The summed E-state index contributed by atoms with van der Waals surface area (Å²) in [7, 11) is 3.07. The zero-order chi connectivity index (χ0) is 20.4. The summed E-state index contributed by atoms with van der Waals surface area (Å²) in [5, 5.41) is 3.19. The third-order valence-electron chi connectivity index (χ3n) is 5.06. The first-order valence-corrected chi connectivity index (χ1v) is 9.36. The van der Waals surface area contributed by atoms with Gasteiger partial charge in [0.05, 0.1) is 19.2 Å². The van der Waals surface area contributed by atoms with Crippen LogP contribution in [0.25, 0.3) is 0 Å². The zero-order valence-corrected chi connectivity index (χ0v) is 16.3. The fourth-order valence-electron chi connectivity index (χ4n) is 3.53. The highest BCUT2D eigenvalue weighted by molar-refractivity contribution is 5.87. The van der Waals surface area contributed by atoms with Crippen LogP contribution in [0.4, 0.5) is 5.82 Å². The minimum absolute atomic E-state index is 0.112. The Balaban J connectivity index is 1.82. The van der Waals surface area contributed by atoms with Gasteiger partial charge >= 0.3 is 6.01 Å². The van der Waals surface area contributed by atoms with Gasteiger partial charge in [0.15, 0.2) is 0 Å². The van der Waals surface area contributed by atoms with Gasteiger partial charge in [-0.15, -0.1) is 0 Å². The molecular formula is C22H22N4O3. The molecule has 0 aliphatic carbocycles. The molecule has 29 heavy (non-hydrogen) atoms. The molecule has 148 valence electrons. The maximum atomic E-state index is 13.5. The highest BCUT2D eigenvalue weighted by Gasteiger charge is 2.33. The molecule has 1 atom stereocenters. The molecule has 1 aromatic heterocycles. The second-order valence-electron chi connectivity index (χ2n) is 6.96. The van der Waals surface area contributed by atoms with Gasteiger partial charge in [0, 0.05) is 13.6 Å². The number of aromatic nitrogens is 2. The predicted octanol–water partition coefficient (Wildman–Crippen LogP) is 2.48. The van der Waals surface area contributed by atoms with Crippen molar-refractivity contribution >= 4 is 11.7 Å². The minimum Gasteiger partial charge on any atom is -0.468 e. The number of benzene rings is 2. The Morgan fingerprint density at radius 1 is 1.07 bits per heavy atom. The van der Waals surface area contributed by atoms with Crippen molar-refractivity contribution in [2.45, 2.75) is 19.1 Å². The molecule has 1 N–H and O–H groups in total. The number of fused-ring (bicyclic) bond motifs is 1. The van der Waals surface area contributed by atoms with E-state index in [1.54, 1.807) is 11.9 Å². The molecule has 7 heteroatoms. The summed E-state index contributed by atoms with van der Waals surface area (Å²) in [6.45, 7) is 0.572. The van der Waals surface area contributed by atoms with Crippen molar-refractivity contribution in [2.24, 2.45) is 7.05 Å². The maximum absolute atomic E-state index is 13.5. The van der Waals surface area contributed by atoms with Gasteiger partial charge in [-0.1, -0.05) is 60.7 Å². The SMILES string of the molecule is COc1nc2c(c(=O)n1C)CN(Cc1ccccc1)C(=O)C(c1ccccc1)N2. The van der Waals surface area contributed by atoms with E-state index in [4.69, 9.17) is 4.74 Å². The third-order valence-corrected chi connectivity index (χ3v) is 5.06. The Kier molecular flexibility index (Phi) is 5.03. The molecule has 3 aromatic rings. The predicted molar refractivity (Wildman–Crippen MR) is 110 cm³/mol. The molecule has 0 saturated heterocycles. The molecule has 0 spiro atoms. The van der Waals surface area contributed by atoms with Crippen LogP contribution in [-0.2, 0) is 24.9 Å². The Morgan fingerprint density at radius 2 is 1.72 bits per heavy atom. The van der Waals surface area contributed by atoms with Gasteiger partial charge in [-0.25, -0.2) is 0 Å². The normalized spacial score (nSPS) is 16.0. The number of anilines is 1. The quantitative estimate of drug-likeness (QED) is 0.741. The highest BCUT2D eigenvalue weighted by atomic mass is 16.5. The van der Waals surface area contributed by atoms with Gasteiger partial charge in [-0.3, -0.25) is 14.2 Å². The number of carbonyl (C=O) groups is 1. The average molecular weight is 390 g/mol. The lowest BCUT2D eigenvalue weighted by atomic mass is 10.1.